The second-order valence-electron chi connectivity index (χ2n) is 17.4. The van der Waals surface area contributed by atoms with Gasteiger partial charge in [0.15, 0.2) is 23.6 Å². The predicted molar refractivity (Wildman–Crippen MR) is 262 cm³/mol. The number of nitrogens with zero attached hydrogens (tertiary/aromatic N) is 1. The van der Waals surface area contributed by atoms with Crippen molar-refractivity contribution in [2.45, 2.75) is 75.3 Å². The number of carboxylic acids is 1. The summed E-state index contributed by atoms with van der Waals surface area (Å²) in [5, 5.41) is 63.1. The van der Waals surface area contributed by atoms with E-state index in [0.717, 1.165) is 44.3 Å². The van der Waals surface area contributed by atoms with Crippen molar-refractivity contribution in [3.63, 3.8) is 0 Å². The first-order valence-corrected chi connectivity index (χ1v) is 25.3. The van der Waals surface area contributed by atoms with E-state index in [9.17, 15) is 39.9 Å². The van der Waals surface area contributed by atoms with E-state index in [-0.39, 0.29) is 64.1 Å². The van der Waals surface area contributed by atoms with E-state index in [2.05, 4.69) is 65.9 Å². The van der Waals surface area contributed by atoms with Crippen LogP contribution in [0.1, 0.15) is 55.4 Å². The molecule has 7 rings (SSSR count). The summed E-state index contributed by atoms with van der Waals surface area (Å²) in [6.45, 7) is 6.69. The predicted octanol–water partition coefficient (Wildman–Crippen LogP) is 5.16. The number of rotatable bonds is 17. The molecule has 2 saturated heterocycles. The van der Waals surface area contributed by atoms with Gasteiger partial charge in [-0.25, -0.2) is 4.79 Å². The van der Waals surface area contributed by atoms with Gasteiger partial charge in [-0.1, -0.05) is 90.1 Å². The van der Waals surface area contributed by atoms with Crippen molar-refractivity contribution in [3.05, 3.63) is 107 Å². The van der Waals surface area contributed by atoms with Crippen LogP contribution in [-0.4, -0.2) is 130 Å². The summed E-state index contributed by atoms with van der Waals surface area (Å²) in [5.74, 6) is -2.66. The van der Waals surface area contributed by atoms with Crippen LogP contribution in [0.3, 0.4) is 0 Å². The molecule has 9 N–H and O–H groups in total. The summed E-state index contributed by atoms with van der Waals surface area (Å²) >= 11 is 0. The molecular formula is C50H60N4O12S2. The Morgan fingerprint density at radius 3 is 2.62 bits per heavy atom. The monoisotopic (exact) mass is 972 g/mol. The van der Waals surface area contributed by atoms with Gasteiger partial charge in [-0.05, 0) is 110 Å². The molecule has 0 radical (unpaired) electrons. The Morgan fingerprint density at radius 2 is 1.90 bits per heavy atom. The number of carbonyl (C=O) groups is 3. The van der Waals surface area contributed by atoms with Gasteiger partial charge in [0.1, 0.15) is 35.1 Å². The standard InChI is InChI=1S/C50H60N4O12S2/c1-3-20-52-21-7-12-32-10-5-4-9-31(32)11-6-8-30(2)38-25-54-27-49(62)48(66-44(47(60)61)45(58)50(49,28-55)63-29-68-67-26-39(38)34-19-22-53-24-34)64-36-17-18-37-40(23-36)65-43(46(51)59)41(42(37)57)33-13-15-35(56)16-14-33/h4-6,9-11,13-19,23-24,28,30,38-39,43-45,48,52,54,56-58,62H,3,7-8,12,20-22,25-27,29H2,1-2H3,(H2,51,59)(H,60,61). The number of nitrogens with one attached hydrogen (secondary N) is 2. The Balaban J connectivity index is 1.18. The van der Waals surface area contributed by atoms with E-state index in [0.29, 0.717) is 24.4 Å². The molecule has 18 heteroatoms. The summed E-state index contributed by atoms with van der Waals surface area (Å²) in [6.07, 6.45) is 4.66. The third-order valence-corrected chi connectivity index (χ3v) is 15.1. The number of fused-ring (bicyclic) bond motifs is 2. The van der Waals surface area contributed by atoms with Gasteiger partial charge in [0.25, 0.3) is 5.91 Å². The molecule has 0 spiro atoms. The van der Waals surface area contributed by atoms with Crippen LogP contribution < -0.4 is 25.8 Å². The lowest BCUT2D eigenvalue weighted by atomic mass is 9.73. The largest absolute Gasteiger partial charge is 0.508 e. The number of aryl methyl sites for hydroxylation is 1. The Labute approximate surface area is 403 Å². The lowest BCUT2D eigenvalue weighted by Gasteiger charge is -2.53. The number of primary amides is 1. The molecule has 0 saturated carbocycles. The molecular weight excluding hydrogens is 913 g/mol. The number of aliphatic hydroxyl groups excluding tert-OH is 2. The van der Waals surface area contributed by atoms with Crippen LogP contribution in [0.4, 0.5) is 0 Å². The topological polar surface area (TPSA) is 252 Å². The smallest absolute Gasteiger partial charge is 0.335 e. The molecule has 3 aromatic carbocycles. The highest BCUT2D eigenvalue weighted by Crippen LogP contribution is 2.46. The number of amides is 1. The van der Waals surface area contributed by atoms with Gasteiger partial charge in [0, 0.05) is 24.6 Å². The van der Waals surface area contributed by atoms with E-state index in [1.165, 1.54) is 75.2 Å². The number of allylic oxidation sites excluding steroid dienone is 2. The number of ether oxygens (including phenoxy) is 4. The number of aldehydes is 1. The molecule has 3 aromatic rings. The van der Waals surface area contributed by atoms with Crippen molar-refractivity contribution in [1.82, 2.24) is 10.6 Å². The first-order valence-electron chi connectivity index (χ1n) is 22.8. The van der Waals surface area contributed by atoms with Gasteiger partial charge < -0.3 is 60.8 Å². The van der Waals surface area contributed by atoms with Gasteiger partial charge >= 0.3 is 5.97 Å². The molecule has 0 bridgehead atoms. The Hall–Kier alpha value is -5.18. The number of aliphatic carboxylic acids is 1. The number of hydrogen-bond donors (Lipinski definition) is 8. The quantitative estimate of drug-likeness (QED) is 0.0494. The molecule has 9 unspecified atom stereocenters. The number of β-amino-alcohol motifs (C(OH)–C–C–N with tert-alkyl or cyclic N) is 1. The number of aromatic hydroxyl groups is 1. The van der Waals surface area contributed by atoms with E-state index < -0.39 is 54.2 Å². The molecule has 9 atom stereocenters. The van der Waals surface area contributed by atoms with Crippen molar-refractivity contribution >= 4 is 63.4 Å². The van der Waals surface area contributed by atoms with Crippen LogP contribution in [0.25, 0.3) is 17.4 Å². The van der Waals surface area contributed by atoms with Gasteiger partial charge in [-0.3, -0.25) is 14.6 Å². The minimum atomic E-state index is -2.59. The number of aliphatic hydroxyl groups is 3. The second-order valence-corrected chi connectivity index (χ2v) is 19.9. The molecule has 4 aliphatic rings. The second kappa shape index (κ2) is 23.0. The molecule has 68 heavy (non-hydrogen) atoms. The lowest BCUT2D eigenvalue weighted by molar-refractivity contribution is -0.340. The molecule has 1 amide bonds. The highest BCUT2D eigenvalue weighted by atomic mass is 33.1. The van der Waals surface area contributed by atoms with Crippen molar-refractivity contribution in [2.75, 3.05) is 44.4 Å². The maximum absolute atomic E-state index is 13.4. The van der Waals surface area contributed by atoms with Gasteiger partial charge in [0.05, 0.1) is 17.7 Å². The number of carbonyl (C=O) groups excluding carboxylic acids is 2. The van der Waals surface area contributed by atoms with Gasteiger partial charge in [-0.15, -0.1) is 0 Å². The lowest BCUT2D eigenvalue weighted by Crippen LogP contribution is -2.80. The van der Waals surface area contributed by atoms with Crippen molar-refractivity contribution in [2.24, 2.45) is 28.5 Å². The summed E-state index contributed by atoms with van der Waals surface area (Å²) in [5.41, 5.74) is 4.65. The average molecular weight is 973 g/mol. The highest BCUT2D eigenvalue weighted by molar-refractivity contribution is 8.76. The zero-order valence-corrected chi connectivity index (χ0v) is 39.6. The molecule has 0 aliphatic carbocycles. The van der Waals surface area contributed by atoms with E-state index in [1.807, 2.05) is 12.3 Å². The fraction of sp³-hybridized carbons (Fsp3) is 0.440. The molecule has 0 aromatic heterocycles. The van der Waals surface area contributed by atoms with Crippen molar-refractivity contribution < 1.29 is 58.9 Å². The molecule has 16 nitrogen and oxygen atoms in total. The minimum absolute atomic E-state index is 0.0128. The van der Waals surface area contributed by atoms with Crippen molar-refractivity contribution in [3.8, 4) is 17.2 Å². The van der Waals surface area contributed by atoms with Crippen molar-refractivity contribution in [1.29, 1.82) is 0 Å². The van der Waals surface area contributed by atoms with Crippen LogP contribution in [0.5, 0.6) is 17.2 Å². The normalized spacial score (nSPS) is 28.0. The number of nitrogens with two attached hydrogens (primary N) is 1. The summed E-state index contributed by atoms with van der Waals surface area (Å²) in [4.78, 5) is 43.3. The Morgan fingerprint density at radius 1 is 1.10 bits per heavy atom. The van der Waals surface area contributed by atoms with Crippen LogP contribution in [0.2, 0.25) is 0 Å². The van der Waals surface area contributed by atoms with E-state index in [4.69, 9.17) is 24.7 Å². The molecule has 364 valence electrons. The number of aliphatic imine (C=N–C) groups is 1. The molecule has 4 heterocycles. The minimum Gasteiger partial charge on any atom is -0.508 e. The van der Waals surface area contributed by atoms with Crippen LogP contribution in [-0.2, 0) is 30.3 Å². The first-order chi connectivity index (χ1) is 32.8. The number of hydrogen-bond acceptors (Lipinski definition) is 16. The van der Waals surface area contributed by atoms with Crippen LogP contribution in [0, 0.1) is 17.8 Å². The summed E-state index contributed by atoms with van der Waals surface area (Å²) in [6, 6.07) is 18.2. The Bertz CT molecular complexity index is 2400. The maximum atomic E-state index is 13.4. The molecule has 2 fully saturated rings. The van der Waals surface area contributed by atoms with Crippen LogP contribution >= 0.6 is 21.6 Å². The molecule has 4 aliphatic heterocycles. The number of phenolic OH excluding ortho intramolecular Hbond substituents is 1. The zero-order valence-electron chi connectivity index (χ0n) is 38.0. The average Bonchev–Trinajstić information content (AvgIpc) is 3.86. The van der Waals surface area contributed by atoms with Gasteiger partial charge in [-0.2, -0.15) is 0 Å². The summed E-state index contributed by atoms with van der Waals surface area (Å²) < 4.78 is 24.3. The van der Waals surface area contributed by atoms with Gasteiger partial charge in [0.2, 0.25) is 12.4 Å². The highest BCUT2D eigenvalue weighted by Gasteiger charge is 2.69. The number of benzene rings is 3. The summed E-state index contributed by atoms with van der Waals surface area (Å²) in [7, 11) is 2.74. The zero-order chi connectivity index (χ0) is 48.4. The van der Waals surface area contributed by atoms with Crippen LogP contribution in [0.15, 0.2) is 89.4 Å². The SMILES string of the molecule is CCCNCCCc1ccccc1C=CCC(C)C1CNCC2(O)C(Oc3ccc4c(c3)OC(C(N)=O)C(c3ccc(O)cc3)=C4O)OC(C(=O)O)C(O)C2(C=O)OCSSCC1C1=CCN=C1. The number of phenols is 1. The fourth-order valence-electron chi connectivity index (χ4n) is 9.26. The maximum Gasteiger partial charge on any atom is 0.335 e. The van der Waals surface area contributed by atoms with E-state index in [1.54, 1.807) is 0 Å². The first kappa shape index (κ1) is 50.7. The Kier molecular flexibility index (Phi) is 17.1. The number of carboxylic acid groups (broad SMARTS) is 1. The fourth-order valence-corrected chi connectivity index (χ4v) is 11.3. The van der Waals surface area contributed by atoms with E-state index >= 15 is 0 Å². The third kappa shape index (κ3) is 11.0. The third-order valence-electron chi connectivity index (χ3n) is 13.0.